The third-order valence-electron chi connectivity index (χ3n) is 11.0. The van der Waals surface area contributed by atoms with Crippen molar-refractivity contribution in [3.63, 3.8) is 0 Å². The van der Waals surface area contributed by atoms with Gasteiger partial charge in [0.05, 0.1) is 0 Å². The second-order valence-corrected chi connectivity index (χ2v) is 13.5. The van der Waals surface area contributed by atoms with Gasteiger partial charge in [0.15, 0.2) is 0 Å². The number of rotatable bonds is 2. The smallest absolute Gasteiger partial charge is 0.140 e. The van der Waals surface area contributed by atoms with E-state index in [2.05, 4.69) is 176 Å². The zero-order valence-corrected chi connectivity index (χ0v) is 27.2. The largest absolute Gasteiger partial charge is 0.455 e. The van der Waals surface area contributed by atoms with Gasteiger partial charge in [-0.25, -0.2) is 0 Å². The van der Waals surface area contributed by atoms with Crippen LogP contribution in [0.2, 0.25) is 0 Å². The van der Waals surface area contributed by atoms with Gasteiger partial charge < -0.3 is 4.74 Å². The fraction of sp³-hybridized carbons (Fsp3) is 0.0204. The molecule has 0 atom stereocenters. The minimum atomic E-state index is -0.0415. The average Bonchev–Trinajstić information content (AvgIpc) is 3.20. The minimum absolute atomic E-state index is 0.0415. The van der Waals surface area contributed by atoms with Crippen LogP contribution < -0.4 is 4.74 Å². The highest BCUT2D eigenvalue weighted by atomic mass is 16.5. The van der Waals surface area contributed by atoms with Crippen LogP contribution in [-0.2, 0) is 0 Å². The topological polar surface area (TPSA) is 9.23 Å². The van der Waals surface area contributed by atoms with Crippen LogP contribution in [0.15, 0.2) is 176 Å². The molecule has 1 aliphatic heterocycles. The third-order valence-corrected chi connectivity index (χ3v) is 11.0. The lowest BCUT2D eigenvalue weighted by atomic mass is 9.76. The molecule has 0 bridgehead atoms. The summed E-state index contributed by atoms with van der Waals surface area (Å²) >= 11 is 0. The lowest BCUT2D eigenvalue weighted by molar-refractivity contribution is 0.467. The molecule has 1 nitrogen and oxygen atoms in total. The standard InChI is InChI=1S/C49H30O/c1-2-14-33-32(13-1)29-44(39-20-4-3-15-34(33)39)30-25-27-31(28-26-30)45-46-40-21-9-5-16-35(40)37-18-7-11-23-42(37)48(46)50-49-43-24-12-8-19-38(43)36-17-6-10-22-41(36)47(45)49/h1-29,45H. The molecule has 0 unspecified atom stereocenters. The van der Waals surface area contributed by atoms with Crippen molar-refractivity contribution in [3.8, 4) is 22.6 Å². The Bertz CT molecular complexity index is 2880. The van der Waals surface area contributed by atoms with Gasteiger partial charge in [0.2, 0.25) is 0 Å². The van der Waals surface area contributed by atoms with Crippen molar-refractivity contribution in [1.29, 1.82) is 0 Å². The normalized spacial score (nSPS) is 12.9. The molecule has 0 N–H and O–H groups in total. The predicted molar refractivity (Wildman–Crippen MR) is 211 cm³/mol. The average molecular weight is 635 g/mol. The molecule has 0 radical (unpaired) electrons. The van der Waals surface area contributed by atoms with E-state index in [4.69, 9.17) is 4.74 Å². The van der Waals surface area contributed by atoms with Crippen LogP contribution in [0.1, 0.15) is 22.6 Å². The van der Waals surface area contributed by atoms with Crippen molar-refractivity contribution in [3.05, 3.63) is 193 Å². The van der Waals surface area contributed by atoms with Crippen molar-refractivity contribution in [2.24, 2.45) is 0 Å². The van der Waals surface area contributed by atoms with Gasteiger partial charge in [0.25, 0.3) is 0 Å². The summed E-state index contributed by atoms with van der Waals surface area (Å²) in [6.07, 6.45) is 0. The Morgan fingerprint density at radius 1 is 0.320 bits per heavy atom. The minimum Gasteiger partial charge on any atom is -0.455 e. The maximum Gasteiger partial charge on any atom is 0.140 e. The van der Waals surface area contributed by atoms with Gasteiger partial charge in [-0.1, -0.05) is 170 Å². The molecule has 0 amide bonds. The van der Waals surface area contributed by atoms with Gasteiger partial charge in [-0.3, -0.25) is 0 Å². The summed E-state index contributed by atoms with van der Waals surface area (Å²) in [4.78, 5) is 0. The molecule has 0 fully saturated rings. The number of benzene rings is 10. The number of ether oxygens (including phenoxy) is 1. The highest BCUT2D eigenvalue weighted by Gasteiger charge is 2.35. The van der Waals surface area contributed by atoms with Crippen molar-refractivity contribution >= 4 is 64.6 Å². The molecule has 10 aromatic carbocycles. The maximum absolute atomic E-state index is 7.25. The van der Waals surface area contributed by atoms with Gasteiger partial charge in [-0.2, -0.15) is 0 Å². The van der Waals surface area contributed by atoms with Crippen LogP contribution in [0, 0.1) is 0 Å². The summed E-state index contributed by atoms with van der Waals surface area (Å²) in [7, 11) is 0. The summed E-state index contributed by atoms with van der Waals surface area (Å²) in [6.45, 7) is 0. The van der Waals surface area contributed by atoms with Crippen LogP contribution in [0.3, 0.4) is 0 Å². The predicted octanol–water partition coefficient (Wildman–Crippen LogP) is 13.6. The first-order valence-electron chi connectivity index (χ1n) is 17.4. The molecule has 1 aliphatic rings. The Hall–Kier alpha value is -6.44. The first-order chi connectivity index (χ1) is 24.8. The second-order valence-electron chi connectivity index (χ2n) is 13.5. The third kappa shape index (κ3) is 3.83. The van der Waals surface area contributed by atoms with Crippen LogP contribution >= 0.6 is 0 Å². The molecule has 0 spiro atoms. The van der Waals surface area contributed by atoms with Gasteiger partial charge in [-0.05, 0) is 76.6 Å². The van der Waals surface area contributed by atoms with E-state index >= 15 is 0 Å². The van der Waals surface area contributed by atoms with Crippen LogP contribution in [0.4, 0.5) is 0 Å². The zero-order chi connectivity index (χ0) is 32.8. The number of hydrogen-bond acceptors (Lipinski definition) is 1. The van der Waals surface area contributed by atoms with E-state index in [0.29, 0.717) is 0 Å². The quantitative estimate of drug-likeness (QED) is 0.172. The summed E-state index contributed by atoms with van der Waals surface area (Å²) in [5.74, 6) is 1.88. The van der Waals surface area contributed by atoms with Gasteiger partial charge in [0.1, 0.15) is 11.5 Å². The lowest BCUT2D eigenvalue weighted by Crippen LogP contribution is -2.14. The molecule has 0 saturated carbocycles. The summed E-state index contributed by atoms with van der Waals surface area (Å²) in [5, 5.41) is 14.8. The molecule has 1 heterocycles. The van der Waals surface area contributed by atoms with E-state index in [-0.39, 0.29) is 5.92 Å². The van der Waals surface area contributed by atoms with E-state index in [1.54, 1.807) is 0 Å². The summed E-state index contributed by atoms with van der Waals surface area (Å²) in [6, 6.07) is 64.4. The van der Waals surface area contributed by atoms with Crippen molar-refractivity contribution in [2.75, 3.05) is 0 Å². The summed E-state index contributed by atoms with van der Waals surface area (Å²) < 4.78 is 7.25. The highest BCUT2D eigenvalue weighted by Crippen LogP contribution is 2.57. The Morgan fingerprint density at radius 2 is 0.700 bits per heavy atom. The van der Waals surface area contributed by atoms with Crippen molar-refractivity contribution in [2.45, 2.75) is 5.92 Å². The summed E-state index contributed by atoms with van der Waals surface area (Å²) in [5.41, 5.74) is 6.19. The van der Waals surface area contributed by atoms with E-state index in [0.717, 1.165) is 22.3 Å². The van der Waals surface area contributed by atoms with Gasteiger partial charge >= 0.3 is 0 Å². The van der Waals surface area contributed by atoms with E-state index in [1.165, 1.54) is 81.7 Å². The fourth-order valence-corrected chi connectivity index (χ4v) is 8.79. The molecule has 232 valence electrons. The van der Waals surface area contributed by atoms with Crippen molar-refractivity contribution in [1.82, 2.24) is 0 Å². The lowest BCUT2D eigenvalue weighted by Gasteiger charge is -2.33. The molecule has 50 heavy (non-hydrogen) atoms. The molecular weight excluding hydrogens is 605 g/mol. The molecule has 1 heteroatoms. The van der Waals surface area contributed by atoms with Crippen molar-refractivity contribution < 1.29 is 4.74 Å². The number of hydrogen-bond donors (Lipinski definition) is 0. The Kier molecular flexibility index (Phi) is 5.79. The van der Waals surface area contributed by atoms with Crippen LogP contribution in [-0.4, -0.2) is 0 Å². The van der Waals surface area contributed by atoms with Crippen LogP contribution in [0.25, 0.3) is 75.8 Å². The molecule has 11 rings (SSSR count). The second kappa shape index (κ2) is 10.5. The fourth-order valence-electron chi connectivity index (χ4n) is 8.79. The molecule has 10 aromatic rings. The SMILES string of the molecule is c1ccc2c(c1)cc(-c1ccc(C3c4c(c5ccccc5c5ccccc45)Oc4c3c3ccccc3c3ccccc43)cc1)c1ccccc12. The molecule has 0 aromatic heterocycles. The maximum atomic E-state index is 7.25. The van der Waals surface area contributed by atoms with Gasteiger partial charge in [-0.15, -0.1) is 0 Å². The molecular formula is C49H30O. The van der Waals surface area contributed by atoms with Crippen LogP contribution in [0.5, 0.6) is 11.5 Å². The first-order valence-corrected chi connectivity index (χ1v) is 17.4. The van der Waals surface area contributed by atoms with E-state index < -0.39 is 0 Å². The number of fused-ring (bicyclic) bond motifs is 15. The van der Waals surface area contributed by atoms with E-state index in [9.17, 15) is 0 Å². The Morgan fingerprint density at radius 3 is 1.22 bits per heavy atom. The zero-order valence-electron chi connectivity index (χ0n) is 27.2. The molecule has 0 saturated heterocycles. The molecule has 0 aliphatic carbocycles. The Labute approximate surface area is 289 Å². The van der Waals surface area contributed by atoms with E-state index in [1.807, 2.05) is 0 Å². The Balaban J connectivity index is 1.23. The first kappa shape index (κ1) is 27.5. The highest BCUT2D eigenvalue weighted by molar-refractivity contribution is 6.17. The van der Waals surface area contributed by atoms with Gasteiger partial charge in [0, 0.05) is 27.8 Å². The monoisotopic (exact) mass is 634 g/mol.